The largest absolute Gasteiger partial charge is 0.399 e. The molecule has 3 nitrogen and oxygen atoms in total. The summed E-state index contributed by atoms with van der Waals surface area (Å²) in [6.45, 7) is 2.05. The maximum atomic E-state index is 11.9. The number of anilines is 1. The van der Waals surface area contributed by atoms with Gasteiger partial charge in [-0.15, -0.1) is 0 Å². The van der Waals surface area contributed by atoms with Gasteiger partial charge in [-0.25, -0.2) is 0 Å². The molecular weight excluding hydrogens is 244 g/mol. The molecule has 0 aliphatic rings. The van der Waals surface area contributed by atoms with Crippen molar-refractivity contribution in [3.63, 3.8) is 0 Å². The molecule has 0 saturated heterocycles. The third-order valence-electron chi connectivity index (χ3n) is 2.77. The first-order valence-corrected chi connectivity index (χ1v) is 7.23. The molecule has 0 saturated carbocycles. The molecular formula is C14H20N2OS. The number of rotatable bonds is 5. The van der Waals surface area contributed by atoms with Gasteiger partial charge in [0, 0.05) is 30.6 Å². The SMILES string of the molecule is CSCC(C)N(C)C(=O)/C=C/c1ccc(N)cc1. The Bertz CT molecular complexity index is 414. The molecule has 0 aromatic heterocycles. The van der Waals surface area contributed by atoms with Gasteiger partial charge in [0.2, 0.25) is 5.91 Å². The quantitative estimate of drug-likeness (QED) is 0.656. The zero-order valence-electron chi connectivity index (χ0n) is 11.1. The summed E-state index contributed by atoms with van der Waals surface area (Å²) < 4.78 is 0. The third-order valence-corrected chi connectivity index (χ3v) is 3.59. The number of likely N-dealkylation sites (N-methyl/N-ethyl adjacent to an activating group) is 1. The fourth-order valence-corrected chi connectivity index (χ4v) is 2.17. The maximum Gasteiger partial charge on any atom is 0.246 e. The number of benzene rings is 1. The summed E-state index contributed by atoms with van der Waals surface area (Å²) in [7, 11) is 1.83. The van der Waals surface area contributed by atoms with Crippen molar-refractivity contribution in [3.05, 3.63) is 35.9 Å². The average Bonchev–Trinajstić information content (AvgIpc) is 2.37. The van der Waals surface area contributed by atoms with Crippen molar-refractivity contribution in [2.24, 2.45) is 0 Å². The van der Waals surface area contributed by atoms with Crippen molar-refractivity contribution in [3.8, 4) is 0 Å². The van der Waals surface area contributed by atoms with Gasteiger partial charge in [0.15, 0.2) is 0 Å². The molecule has 1 unspecified atom stereocenters. The van der Waals surface area contributed by atoms with Crippen molar-refractivity contribution < 1.29 is 4.79 Å². The lowest BCUT2D eigenvalue weighted by molar-refractivity contribution is -0.126. The zero-order chi connectivity index (χ0) is 13.5. The van der Waals surface area contributed by atoms with Crippen LogP contribution >= 0.6 is 11.8 Å². The molecule has 0 spiro atoms. The van der Waals surface area contributed by atoms with Crippen LogP contribution in [0.2, 0.25) is 0 Å². The second-order valence-electron chi connectivity index (χ2n) is 4.25. The van der Waals surface area contributed by atoms with E-state index >= 15 is 0 Å². The van der Waals surface area contributed by atoms with Crippen LogP contribution in [0.25, 0.3) is 6.08 Å². The first-order chi connectivity index (χ1) is 8.54. The number of carbonyl (C=O) groups is 1. The molecule has 0 heterocycles. The topological polar surface area (TPSA) is 46.3 Å². The number of nitrogens with zero attached hydrogens (tertiary/aromatic N) is 1. The number of amides is 1. The normalized spacial score (nSPS) is 12.6. The Morgan fingerprint density at radius 1 is 1.44 bits per heavy atom. The van der Waals surface area contributed by atoms with Crippen LogP contribution in [0.5, 0.6) is 0 Å². The van der Waals surface area contributed by atoms with E-state index in [4.69, 9.17) is 5.73 Å². The van der Waals surface area contributed by atoms with E-state index in [2.05, 4.69) is 0 Å². The molecule has 98 valence electrons. The van der Waals surface area contributed by atoms with Gasteiger partial charge in [-0.3, -0.25) is 4.79 Å². The monoisotopic (exact) mass is 264 g/mol. The minimum atomic E-state index is 0.0216. The number of hydrogen-bond acceptors (Lipinski definition) is 3. The van der Waals surface area contributed by atoms with Gasteiger partial charge < -0.3 is 10.6 Å². The van der Waals surface area contributed by atoms with E-state index in [-0.39, 0.29) is 11.9 Å². The minimum absolute atomic E-state index is 0.0216. The van der Waals surface area contributed by atoms with Crippen molar-refractivity contribution in [2.45, 2.75) is 13.0 Å². The molecule has 1 amide bonds. The summed E-state index contributed by atoms with van der Waals surface area (Å²) in [5.41, 5.74) is 7.30. The summed E-state index contributed by atoms with van der Waals surface area (Å²) in [5.74, 6) is 0.964. The summed E-state index contributed by atoms with van der Waals surface area (Å²) in [6, 6.07) is 7.67. The molecule has 2 N–H and O–H groups in total. The lowest BCUT2D eigenvalue weighted by Crippen LogP contribution is -2.35. The lowest BCUT2D eigenvalue weighted by atomic mass is 10.2. The first kappa shape index (κ1) is 14.6. The lowest BCUT2D eigenvalue weighted by Gasteiger charge is -2.22. The molecule has 1 aromatic carbocycles. The Morgan fingerprint density at radius 2 is 2.06 bits per heavy atom. The second-order valence-corrected chi connectivity index (χ2v) is 5.16. The minimum Gasteiger partial charge on any atom is -0.399 e. The Labute approximate surface area is 113 Å². The van der Waals surface area contributed by atoms with Crippen LogP contribution in [0.3, 0.4) is 0 Å². The van der Waals surface area contributed by atoms with Gasteiger partial charge >= 0.3 is 0 Å². The van der Waals surface area contributed by atoms with Crippen LogP contribution in [-0.2, 0) is 4.79 Å². The molecule has 0 aliphatic heterocycles. The van der Waals surface area contributed by atoms with E-state index in [0.29, 0.717) is 0 Å². The van der Waals surface area contributed by atoms with Crippen LogP contribution in [0.1, 0.15) is 12.5 Å². The molecule has 0 radical (unpaired) electrons. The highest BCUT2D eigenvalue weighted by molar-refractivity contribution is 7.98. The summed E-state index contributed by atoms with van der Waals surface area (Å²) in [6.07, 6.45) is 5.45. The molecule has 4 heteroatoms. The van der Waals surface area contributed by atoms with Crippen molar-refractivity contribution >= 4 is 29.4 Å². The van der Waals surface area contributed by atoms with E-state index < -0.39 is 0 Å². The molecule has 18 heavy (non-hydrogen) atoms. The third kappa shape index (κ3) is 4.45. The molecule has 0 bridgehead atoms. The van der Waals surface area contributed by atoms with E-state index in [1.165, 1.54) is 0 Å². The molecule has 1 atom stereocenters. The zero-order valence-corrected chi connectivity index (χ0v) is 11.9. The number of thioether (sulfide) groups is 1. The fraction of sp³-hybridized carbons (Fsp3) is 0.357. The highest BCUT2D eigenvalue weighted by Gasteiger charge is 2.12. The number of nitrogen functional groups attached to an aromatic ring is 1. The predicted octanol–water partition coefficient (Wildman–Crippen LogP) is 2.49. The van der Waals surface area contributed by atoms with Gasteiger partial charge in [0.05, 0.1) is 0 Å². The highest BCUT2D eigenvalue weighted by Crippen LogP contribution is 2.08. The van der Waals surface area contributed by atoms with E-state index in [1.807, 2.05) is 50.6 Å². The van der Waals surface area contributed by atoms with Gasteiger partial charge in [-0.1, -0.05) is 12.1 Å². The first-order valence-electron chi connectivity index (χ1n) is 5.84. The van der Waals surface area contributed by atoms with Crippen LogP contribution < -0.4 is 5.73 Å². The molecule has 1 rings (SSSR count). The number of carbonyl (C=O) groups excluding carboxylic acids is 1. The predicted molar refractivity (Wildman–Crippen MR) is 80.5 cm³/mol. The van der Waals surface area contributed by atoms with Crippen molar-refractivity contribution in [2.75, 3.05) is 24.8 Å². The molecule has 0 fully saturated rings. The Hall–Kier alpha value is -1.42. The Balaban J connectivity index is 2.61. The van der Waals surface area contributed by atoms with Crippen LogP contribution in [0.15, 0.2) is 30.3 Å². The maximum absolute atomic E-state index is 11.9. The summed E-state index contributed by atoms with van der Waals surface area (Å²) in [5, 5.41) is 0. The smallest absolute Gasteiger partial charge is 0.246 e. The highest BCUT2D eigenvalue weighted by atomic mass is 32.2. The van der Waals surface area contributed by atoms with Gasteiger partial charge in [0.25, 0.3) is 0 Å². The van der Waals surface area contributed by atoms with Gasteiger partial charge in [0.1, 0.15) is 0 Å². The van der Waals surface area contributed by atoms with Gasteiger partial charge in [-0.05, 0) is 37.0 Å². The van der Waals surface area contributed by atoms with Crippen LogP contribution in [0, 0.1) is 0 Å². The number of hydrogen-bond donors (Lipinski definition) is 1. The fourth-order valence-electron chi connectivity index (χ4n) is 1.46. The van der Waals surface area contributed by atoms with Crippen LogP contribution in [-0.4, -0.2) is 35.9 Å². The summed E-state index contributed by atoms with van der Waals surface area (Å²) >= 11 is 1.74. The van der Waals surface area contributed by atoms with E-state index in [9.17, 15) is 4.79 Å². The van der Waals surface area contributed by atoms with Crippen molar-refractivity contribution in [1.29, 1.82) is 0 Å². The van der Waals surface area contributed by atoms with Gasteiger partial charge in [-0.2, -0.15) is 11.8 Å². The van der Waals surface area contributed by atoms with E-state index in [1.54, 1.807) is 22.7 Å². The second kappa shape index (κ2) is 7.11. The Kier molecular flexibility index (Phi) is 5.78. The summed E-state index contributed by atoms with van der Waals surface area (Å²) in [4.78, 5) is 13.7. The van der Waals surface area contributed by atoms with Crippen molar-refractivity contribution in [1.82, 2.24) is 4.90 Å². The number of nitrogens with two attached hydrogens (primary N) is 1. The average molecular weight is 264 g/mol. The standard InChI is InChI=1S/C14H20N2OS/c1-11(10-18-3)16(2)14(17)9-6-12-4-7-13(15)8-5-12/h4-9,11H,10,15H2,1-3H3/b9-6+. The Morgan fingerprint density at radius 3 is 2.61 bits per heavy atom. The molecule has 1 aromatic rings. The van der Waals surface area contributed by atoms with E-state index in [0.717, 1.165) is 17.0 Å². The molecule has 0 aliphatic carbocycles. The van der Waals surface area contributed by atoms with Crippen LogP contribution in [0.4, 0.5) is 5.69 Å².